The lowest BCUT2D eigenvalue weighted by atomic mass is 9.84. The molecule has 0 spiro atoms. The molecule has 0 saturated heterocycles. The fourth-order valence-electron chi connectivity index (χ4n) is 4.93. The number of benzene rings is 3. The quantitative estimate of drug-likeness (QED) is 0.200. The highest BCUT2D eigenvalue weighted by Gasteiger charge is 2.17. The SMILES string of the molecule is O=[N+]([O-])c1ccccc1N=c1scc(-c2ccc(C3CCCCC3)cc2)n1CCc1ccccc1. The molecule has 6 heteroatoms. The molecule has 0 bridgehead atoms. The van der Waals surface area contributed by atoms with Crippen LogP contribution in [0.4, 0.5) is 11.4 Å². The lowest BCUT2D eigenvalue weighted by Crippen LogP contribution is -2.17. The zero-order valence-electron chi connectivity index (χ0n) is 19.7. The van der Waals surface area contributed by atoms with Crippen molar-refractivity contribution in [3.63, 3.8) is 0 Å². The molecule has 1 aliphatic rings. The number of nitro benzene ring substituents is 1. The molecule has 3 aromatic carbocycles. The molecule has 0 radical (unpaired) electrons. The van der Waals surface area contributed by atoms with Gasteiger partial charge in [0.25, 0.3) is 5.69 Å². The van der Waals surface area contributed by atoms with Crippen LogP contribution in [0.5, 0.6) is 0 Å². The van der Waals surface area contributed by atoms with Crippen molar-refractivity contribution in [2.45, 2.75) is 51.0 Å². The number of rotatable bonds is 7. The maximum Gasteiger partial charge on any atom is 0.294 e. The Kier molecular flexibility index (Phi) is 7.19. The monoisotopic (exact) mass is 483 g/mol. The summed E-state index contributed by atoms with van der Waals surface area (Å²) in [6, 6.07) is 26.1. The lowest BCUT2D eigenvalue weighted by Gasteiger charge is -2.22. The third kappa shape index (κ3) is 5.43. The number of nitrogens with zero attached hydrogens (tertiary/aromatic N) is 3. The molecule has 0 N–H and O–H groups in total. The molecule has 0 aliphatic heterocycles. The number of hydrogen-bond donors (Lipinski definition) is 0. The van der Waals surface area contributed by atoms with E-state index in [1.165, 1.54) is 60.6 Å². The van der Waals surface area contributed by atoms with Gasteiger partial charge in [-0.3, -0.25) is 10.1 Å². The first-order chi connectivity index (χ1) is 17.2. The van der Waals surface area contributed by atoms with E-state index in [2.05, 4.69) is 58.5 Å². The number of thiazole rings is 1. The molecule has 0 unspecified atom stereocenters. The average Bonchev–Trinajstić information content (AvgIpc) is 3.31. The van der Waals surface area contributed by atoms with Gasteiger partial charge in [-0.05, 0) is 47.9 Å². The van der Waals surface area contributed by atoms with Gasteiger partial charge < -0.3 is 4.57 Å². The summed E-state index contributed by atoms with van der Waals surface area (Å²) in [6.45, 7) is 0.743. The van der Waals surface area contributed by atoms with Gasteiger partial charge in [0.15, 0.2) is 4.80 Å². The summed E-state index contributed by atoms with van der Waals surface area (Å²) in [6.07, 6.45) is 7.44. The Hall–Kier alpha value is -3.51. The van der Waals surface area contributed by atoms with Crippen molar-refractivity contribution in [2.24, 2.45) is 4.99 Å². The molecule has 5 rings (SSSR count). The molecule has 1 fully saturated rings. The Bertz CT molecular complexity index is 1350. The van der Waals surface area contributed by atoms with E-state index in [9.17, 15) is 10.1 Å². The maximum atomic E-state index is 11.5. The van der Waals surface area contributed by atoms with Gasteiger partial charge in [-0.25, -0.2) is 4.99 Å². The Morgan fingerprint density at radius 2 is 1.63 bits per heavy atom. The van der Waals surface area contributed by atoms with Gasteiger partial charge in [-0.1, -0.05) is 86.0 Å². The summed E-state index contributed by atoms with van der Waals surface area (Å²) in [5, 5.41) is 13.7. The molecular formula is C29H29N3O2S. The molecule has 0 atom stereocenters. The van der Waals surface area contributed by atoms with E-state index >= 15 is 0 Å². The van der Waals surface area contributed by atoms with Crippen molar-refractivity contribution in [1.82, 2.24) is 4.57 Å². The fraction of sp³-hybridized carbons (Fsp3) is 0.276. The van der Waals surface area contributed by atoms with E-state index < -0.39 is 0 Å². The van der Waals surface area contributed by atoms with Crippen LogP contribution in [0.15, 0.2) is 89.2 Å². The Morgan fingerprint density at radius 1 is 0.914 bits per heavy atom. The number of hydrogen-bond acceptors (Lipinski definition) is 4. The highest BCUT2D eigenvalue weighted by Crippen LogP contribution is 2.34. The van der Waals surface area contributed by atoms with Gasteiger partial charge in [0.2, 0.25) is 0 Å². The summed E-state index contributed by atoms with van der Waals surface area (Å²) in [7, 11) is 0. The first-order valence-corrected chi connectivity index (χ1v) is 13.2. The van der Waals surface area contributed by atoms with Crippen LogP contribution in [0.3, 0.4) is 0 Å². The second-order valence-corrected chi connectivity index (χ2v) is 9.94. The van der Waals surface area contributed by atoms with Crippen LogP contribution < -0.4 is 4.80 Å². The van der Waals surface area contributed by atoms with Crippen LogP contribution in [0.2, 0.25) is 0 Å². The molecule has 1 saturated carbocycles. The van der Waals surface area contributed by atoms with E-state index in [4.69, 9.17) is 4.99 Å². The van der Waals surface area contributed by atoms with Crippen molar-refractivity contribution < 1.29 is 4.92 Å². The summed E-state index contributed by atoms with van der Waals surface area (Å²) >= 11 is 1.53. The van der Waals surface area contributed by atoms with Crippen LogP contribution in [0, 0.1) is 10.1 Å². The highest BCUT2D eigenvalue weighted by atomic mass is 32.1. The Balaban J connectivity index is 1.52. The second kappa shape index (κ2) is 10.8. The minimum Gasteiger partial charge on any atom is -0.316 e. The highest BCUT2D eigenvalue weighted by molar-refractivity contribution is 7.07. The van der Waals surface area contributed by atoms with Crippen LogP contribution >= 0.6 is 11.3 Å². The number of para-hydroxylation sites is 2. The molecule has 0 amide bonds. The number of nitro groups is 1. The smallest absolute Gasteiger partial charge is 0.294 e. The van der Waals surface area contributed by atoms with Gasteiger partial charge in [0, 0.05) is 18.0 Å². The van der Waals surface area contributed by atoms with Crippen LogP contribution in [-0.4, -0.2) is 9.49 Å². The van der Waals surface area contributed by atoms with E-state index in [1.54, 1.807) is 18.2 Å². The van der Waals surface area contributed by atoms with Gasteiger partial charge in [-0.2, -0.15) is 0 Å². The standard InChI is InChI=1S/C29H29N3O2S/c33-32(34)27-14-8-7-13-26(27)30-29-31(20-19-22-9-3-1-4-10-22)28(21-35-29)25-17-15-24(16-18-25)23-11-5-2-6-12-23/h1,3-4,7-10,13-18,21,23H,2,5-6,11-12,19-20H2. The average molecular weight is 484 g/mol. The second-order valence-electron chi connectivity index (χ2n) is 9.11. The van der Waals surface area contributed by atoms with Crippen molar-refractivity contribution in [3.8, 4) is 11.3 Å². The number of aryl methyl sites for hydroxylation is 1. The molecule has 1 aromatic heterocycles. The summed E-state index contributed by atoms with van der Waals surface area (Å²) in [4.78, 5) is 16.7. The lowest BCUT2D eigenvalue weighted by molar-refractivity contribution is -0.384. The summed E-state index contributed by atoms with van der Waals surface area (Å²) < 4.78 is 2.20. The van der Waals surface area contributed by atoms with E-state index in [1.807, 2.05) is 6.07 Å². The zero-order chi connectivity index (χ0) is 24.0. The van der Waals surface area contributed by atoms with Gasteiger partial charge in [0.05, 0.1) is 10.6 Å². The maximum absolute atomic E-state index is 11.5. The summed E-state index contributed by atoms with van der Waals surface area (Å²) in [5.74, 6) is 0.676. The van der Waals surface area contributed by atoms with Crippen LogP contribution in [0.1, 0.15) is 49.1 Å². The van der Waals surface area contributed by atoms with Crippen molar-refractivity contribution in [3.05, 3.63) is 110 Å². The molecule has 35 heavy (non-hydrogen) atoms. The predicted molar refractivity (Wildman–Crippen MR) is 142 cm³/mol. The van der Waals surface area contributed by atoms with Gasteiger partial charge in [-0.15, -0.1) is 11.3 Å². The molecule has 178 valence electrons. The third-order valence-electron chi connectivity index (χ3n) is 6.84. The molecule has 4 aromatic rings. The van der Waals surface area contributed by atoms with Crippen molar-refractivity contribution in [1.29, 1.82) is 0 Å². The van der Waals surface area contributed by atoms with E-state index in [0.29, 0.717) is 11.6 Å². The topological polar surface area (TPSA) is 60.4 Å². The zero-order valence-corrected chi connectivity index (χ0v) is 20.5. The molecule has 1 heterocycles. The van der Waals surface area contributed by atoms with Crippen molar-refractivity contribution in [2.75, 3.05) is 0 Å². The summed E-state index contributed by atoms with van der Waals surface area (Å²) in [5.41, 5.74) is 5.34. The van der Waals surface area contributed by atoms with Crippen LogP contribution in [0.25, 0.3) is 11.3 Å². The molecule has 1 aliphatic carbocycles. The van der Waals surface area contributed by atoms with E-state index in [0.717, 1.165) is 29.0 Å². The minimum absolute atomic E-state index is 0.0221. The fourth-order valence-corrected chi connectivity index (χ4v) is 5.88. The molecular weight excluding hydrogens is 454 g/mol. The van der Waals surface area contributed by atoms with Gasteiger partial charge in [0.1, 0.15) is 5.69 Å². The normalized spacial score (nSPS) is 14.8. The first-order valence-electron chi connectivity index (χ1n) is 12.3. The van der Waals surface area contributed by atoms with Gasteiger partial charge >= 0.3 is 0 Å². The van der Waals surface area contributed by atoms with E-state index in [-0.39, 0.29) is 10.6 Å². The largest absolute Gasteiger partial charge is 0.316 e. The Morgan fingerprint density at radius 3 is 2.37 bits per heavy atom. The van der Waals surface area contributed by atoms with Crippen molar-refractivity contribution >= 4 is 22.7 Å². The third-order valence-corrected chi connectivity index (χ3v) is 7.71. The minimum atomic E-state index is -0.369. The molecule has 5 nitrogen and oxygen atoms in total. The van der Waals surface area contributed by atoms with Crippen LogP contribution in [-0.2, 0) is 13.0 Å². The Labute approximate surface area is 209 Å². The number of aromatic nitrogens is 1. The predicted octanol–water partition coefficient (Wildman–Crippen LogP) is 7.65. The first kappa shape index (κ1) is 23.2.